The van der Waals surface area contributed by atoms with E-state index in [0.29, 0.717) is 6.61 Å². The number of nitrogens with one attached hydrogen (secondary N) is 2. The fourth-order valence-electron chi connectivity index (χ4n) is 1.79. The van der Waals surface area contributed by atoms with Crippen LogP contribution in [-0.2, 0) is 24.3 Å². The lowest BCUT2D eigenvalue weighted by Gasteiger charge is -2.06. The largest absolute Gasteiger partial charge is 0.380 e. The van der Waals surface area contributed by atoms with Gasteiger partial charge in [0.05, 0.1) is 6.61 Å². The zero-order valence-electron chi connectivity index (χ0n) is 10.5. The van der Waals surface area contributed by atoms with Crippen LogP contribution in [0.2, 0.25) is 0 Å². The highest BCUT2D eigenvalue weighted by atomic mass is 16.5. The third-order valence-corrected chi connectivity index (χ3v) is 2.64. The van der Waals surface area contributed by atoms with Crippen LogP contribution in [0.25, 0.3) is 0 Å². The van der Waals surface area contributed by atoms with E-state index in [9.17, 15) is 0 Å². The molecule has 18 heavy (non-hydrogen) atoms. The summed E-state index contributed by atoms with van der Waals surface area (Å²) in [6.07, 6.45) is 2.39. The summed E-state index contributed by atoms with van der Waals surface area (Å²) in [5, 5.41) is 10.0. The molecule has 5 nitrogen and oxygen atoms in total. The van der Waals surface area contributed by atoms with Crippen LogP contribution in [0.5, 0.6) is 0 Å². The van der Waals surface area contributed by atoms with Crippen molar-refractivity contribution >= 4 is 0 Å². The lowest BCUT2D eigenvalue weighted by Crippen LogP contribution is -2.17. The van der Waals surface area contributed by atoms with E-state index in [1.54, 1.807) is 7.11 Å². The van der Waals surface area contributed by atoms with Gasteiger partial charge in [-0.25, -0.2) is 4.98 Å². The Morgan fingerprint density at radius 3 is 3.00 bits per heavy atom. The summed E-state index contributed by atoms with van der Waals surface area (Å²) in [5.41, 5.74) is 2.47. The van der Waals surface area contributed by atoms with Gasteiger partial charge in [0.1, 0.15) is 12.2 Å². The minimum absolute atomic E-state index is 0.659. The molecule has 2 N–H and O–H groups in total. The van der Waals surface area contributed by atoms with Crippen LogP contribution in [0.4, 0.5) is 0 Å². The van der Waals surface area contributed by atoms with Gasteiger partial charge < -0.3 is 10.1 Å². The Morgan fingerprint density at radius 2 is 2.22 bits per heavy atom. The van der Waals surface area contributed by atoms with Gasteiger partial charge in [-0.1, -0.05) is 24.3 Å². The topological polar surface area (TPSA) is 62.8 Å². The van der Waals surface area contributed by atoms with Crippen molar-refractivity contribution in [1.29, 1.82) is 0 Å². The summed E-state index contributed by atoms with van der Waals surface area (Å²) in [6.45, 7) is 2.39. The van der Waals surface area contributed by atoms with Gasteiger partial charge in [-0.3, -0.25) is 5.10 Å². The molecule has 0 atom stereocenters. The van der Waals surface area contributed by atoms with E-state index in [0.717, 1.165) is 25.3 Å². The Labute approximate surface area is 107 Å². The first-order valence-electron chi connectivity index (χ1n) is 6.00. The molecule has 0 radical (unpaired) electrons. The number of aromatic nitrogens is 3. The van der Waals surface area contributed by atoms with Gasteiger partial charge in [0, 0.05) is 26.6 Å². The monoisotopic (exact) mass is 246 g/mol. The van der Waals surface area contributed by atoms with Crippen molar-refractivity contribution in [3.63, 3.8) is 0 Å². The predicted octanol–water partition coefficient (Wildman–Crippen LogP) is 1.28. The molecule has 1 aromatic carbocycles. The van der Waals surface area contributed by atoms with Gasteiger partial charge in [0.15, 0.2) is 0 Å². The maximum absolute atomic E-state index is 5.12. The van der Waals surface area contributed by atoms with Crippen LogP contribution in [0.1, 0.15) is 17.0 Å². The third kappa shape index (κ3) is 3.94. The van der Waals surface area contributed by atoms with Crippen LogP contribution in [0.15, 0.2) is 30.6 Å². The molecular formula is C13H18N4O. The number of aromatic amines is 1. The molecule has 0 aliphatic carbocycles. The van der Waals surface area contributed by atoms with Crippen molar-refractivity contribution in [2.24, 2.45) is 0 Å². The van der Waals surface area contributed by atoms with Crippen molar-refractivity contribution < 1.29 is 4.74 Å². The molecular weight excluding hydrogens is 228 g/mol. The van der Waals surface area contributed by atoms with Crippen LogP contribution in [-0.4, -0.2) is 28.8 Å². The Hall–Kier alpha value is -1.72. The van der Waals surface area contributed by atoms with Crippen LogP contribution in [0.3, 0.4) is 0 Å². The van der Waals surface area contributed by atoms with E-state index >= 15 is 0 Å². The molecule has 0 spiro atoms. The normalized spacial score (nSPS) is 10.7. The highest BCUT2D eigenvalue weighted by Crippen LogP contribution is 2.06. The van der Waals surface area contributed by atoms with Gasteiger partial charge in [-0.15, -0.1) is 0 Å². The summed E-state index contributed by atoms with van der Waals surface area (Å²) in [5.74, 6) is 0.913. The van der Waals surface area contributed by atoms with Crippen molar-refractivity contribution in [2.75, 3.05) is 13.7 Å². The molecule has 1 aromatic heterocycles. The van der Waals surface area contributed by atoms with E-state index in [-0.39, 0.29) is 0 Å². The molecule has 0 aliphatic heterocycles. The quantitative estimate of drug-likeness (QED) is 0.722. The molecule has 0 saturated heterocycles. The van der Waals surface area contributed by atoms with Crippen molar-refractivity contribution in [3.05, 3.63) is 47.5 Å². The zero-order chi connectivity index (χ0) is 12.6. The third-order valence-electron chi connectivity index (χ3n) is 2.64. The Kier molecular flexibility index (Phi) is 4.87. The number of rotatable bonds is 7. The van der Waals surface area contributed by atoms with E-state index in [1.165, 1.54) is 17.5 Å². The van der Waals surface area contributed by atoms with Crippen molar-refractivity contribution in [3.8, 4) is 0 Å². The number of ether oxygens (including phenoxy) is 1. The second-order valence-corrected chi connectivity index (χ2v) is 4.11. The predicted molar refractivity (Wildman–Crippen MR) is 68.9 cm³/mol. The minimum Gasteiger partial charge on any atom is -0.380 e. The van der Waals surface area contributed by atoms with E-state index in [4.69, 9.17) is 4.74 Å². The van der Waals surface area contributed by atoms with Crippen LogP contribution < -0.4 is 5.32 Å². The Balaban J connectivity index is 1.74. The van der Waals surface area contributed by atoms with Gasteiger partial charge >= 0.3 is 0 Å². The molecule has 0 fully saturated rings. The summed E-state index contributed by atoms with van der Waals surface area (Å²) < 4.78 is 5.12. The smallest absolute Gasteiger partial charge is 0.137 e. The molecule has 0 unspecified atom stereocenters. The lowest BCUT2D eigenvalue weighted by atomic mass is 10.1. The standard InChI is InChI=1S/C13H18N4O/c1-18-9-12-4-2-3-11(7-12)8-14-6-5-13-15-10-16-17-13/h2-4,7,10,14H,5-6,8-9H2,1H3,(H,15,16,17). The average molecular weight is 246 g/mol. The Bertz CT molecular complexity index is 456. The van der Waals surface area contributed by atoms with Crippen LogP contribution >= 0.6 is 0 Å². The van der Waals surface area contributed by atoms with Gasteiger partial charge in [-0.2, -0.15) is 5.10 Å². The van der Waals surface area contributed by atoms with Gasteiger partial charge in [0.25, 0.3) is 0 Å². The van der Waals surface area contributed by atoms with E-state index < -0.39 is 0 Å². The average Bonchev–Trinajstić information content (AvgIpc) is 2.89. The first-order valence-corrected chi connectivity index (χ1v) is 6.00. The molecule has 0 saturated carbocycles. The minimum atomic E-state index is 0.659. The highest BCUT2D eigenvalue weighted by Gasteiger charge is 1.97. The van der Waals surface area contributed by atoms with Gasteiger partial charge in [0.2, 0.25) is 0 Å². The second kappa shape index (κ2) is 6.88. The summed E-state index contributed by atoms with van der Waals surface area (Å²) in [6, 6.07) is 8.40. The van der Waals surface area contributed by atoms with Gasteiger partial charge in [-0.05, 0) is 11.1 Å². The second-order valence-electron chi connectivity index (χ2n) is 4.11. The maximum atomic E-state index is 5.12. The van der Waals surface area contributed by atoms with Crippen LogP contribution in [0, 0.1) is 0 Å². The zero-order valence-corrected chi connectivity index (χ0v) is 10.5. The SMILES string of the molecule is COCc1cccc(CNCCc2ncn[nH]2)c1. The molecule has 96 valence electrons. The van der Waals surface area contributed by atoms with Crippen molar-refractivity contribution in [2.45, 2.75) is 19.6 Å². The molecule has 0 aliphatic rings. The first kappa shape index (κ1) is 12.7. The summed E-state index contributed by atoms with van der Waals surface area (Å²) >= 11 is 0. The molecule has 5 heteroatoms. The molecule has 2 aromatic rings. The van der Waals surface area contributed by atoms with E-state index in [1.807, 2.05) is 0 Å². The number of hydrogen-bond acceptors (Lipinski definition) is 4. The number of benzene rings is 1. The molecule has 2 rings (SSSR count). The first-order chi connectivity index (χ1) is 8.88. The summed E-state index contributed by atoms with van der Waals surface area (Å²) in [7, 11) is 1.71. The Morgan fingerprint density at radius 1 is 1.33 bits per heavy atom. The number of methoxy groups -OCH3 is 1. The molecule has 0 bridgehead atoms. The fraction of sp³-hybridized carbons (Fsp3) is 0.385. The van der Waals surface area contributed by atoms with E-state index in [2.05, 4.69) is 44.8 Å². The number of nitrogens with zero attached hydrogens (tertiary/aromatic N) is 2. The highest BCUT2D eigenvalue weighted by molar-refractivity contribution is 5.22. The lowest BCUT2D eigenvalue weighted by molar-refractivity contribution is 0.185. The van der Waals surface area contributed by atoms with Crippen molar-refractivity contribution in [1.82, 2.24) is 20.5 Å². The maximum Gasteiger partial charge on any atom is 0.137 e. The summed E-state index contributed by atoms with van der Waals surface area (Å²) in [4.78, 5) is 4.08. The molecule has 0 amide bonds. The molecule has 1 heterocycles. The number of hydrogen-bond donors (Lipinski definition) is 2. The fourth-order valence-corrected chi connectivity index (χ4v) is 1.79. The number of H-pyrrole nitrogens is 1.